The Morgan fingerprint density at radius 3 is 2.51 bits per heavy atom. The summed E-state index contributed by atoms with van der Waals surface area (Å²) in [5.41, 5.74) is 8.79. The Bertz CT molecular complexity index is 3610. The smallest absolute Gasteiger partial charge is 0.319 e. The molecular weight excluding hydrogens is 1050 g/mol. The molecule has 0 unspecified atom stereocenters. The predicted molar refractivity (Wildman–Crippen MR) is 307 cm³/mol. The number of aliphatic hydroxyl groups is 2. The standard InChI is InChI=1S/C61H70FN13O7/c1-6-74-51(20-22-65-74)40-17-15-39(16-18-40)50(31-76)66-59(78)52-24-42(77)29-73(52)60(79)56(34(2)3)75-30-49(70-71-75)38-11-9-36(10-12-38)32-81-57-54(53-35(4)47(62)26-48-46(53)28-64-69-48)44(37-13-14-37)25-45-55(57)67-61(82-33-43-8-7-23-80-43)68-58(45)72(5)41-19-21-63-27-41/h9-12,15-18,20,22,25-26,28,30,34,37,41-43,50,52,56,63,76-77H,6-8,13-14,19,21,23-24,27,29,31-33H2,1-5H3,(H,64,69)(H,66,78)/t41-,42+,43-,50-,52-,56-/m0/s1. The van der Waals surface area contributed by atoms with Gasteiger partial charge in [0.15, 0.2) is 5.75 Å². The van der Waals surface area contributed by atoms with Gasteiger partial charge in [0.2, 0.25) is 11.8 Å². The van der Waals surface area contributed by atoms with Gasteiger partial charge in [0.25, 0.3) is 0 Å². The van der Waals surface area contributed by atoms with Crippen molar-refractivity contribution in [1.82, 2.24) is 60.5 Å². The van der Waals surface area contributed by atoms with Crippen LogP contribution < -0.4 is 25.0 Å². The summed E-state index contributed by atoms with van der Waals surface area (Å²) in [4.78, 5) is 42.6. The molecule has 12 rings (SSSR count). The molecule has 0 spiro atoms. The van der Waals surface area contributed by atoms with Gasteiger partial charge in [-0.25, -0.2) is 9.07 Å². The van der Waals surface area contributed by atoms with Gasteiger partial charge in [-0.05, 0) is 110 Å². The molecule has 4 aliphatic rings. The fraction of sp³-hybridized carbons (Fsp3) is 0.443. The number of benzene rings is 4. The van der Waals surface area contributed by atoms with E-state index >= 15 is 4.39 Å². The molecule has 20 nitrogen and oxygen atoms in total. The number of nitrogens with one attached hydrogen (secondary N) is 3. The number of fused-ring (bicyclic) bond motifs is 2. The van der Waals surface area contributed by atoms with Gasteiger partial charge in [0.05, 0.1) is 48.5 Å². The van der Waals surface area contributed by atoms with Gasteiger partial charge in [-0.2, -0.15) is 20.2 Å². The van der Waals surface area contributed by atoms with Gasteiger partial charge in [0, 0.05) is 79.4 Å². The number of β-amino-alcohol motifs (C(OH)–C–C–N with tert-alkyl or cyclic N) is 1. The van der Waals surface area contributed by atoms with Gasteiger partial charge in [-0.1, -0.05) is 67.6 Å². The highest BCUT2D eigenvalue weighted by atomic mass is 19.1. The first-order chi connectivity index (χ1) is 39.8. The highest BCUT2D eigenvalue weighted by molar-refractivity contribution is 6.06. The normalized spacial score (nSPS) is 19.8. The number of carbonyl (C=O) groups is 2. The summed E-state index contributed by atoms with van der Waals surface area (Å²) in [5, 5.41) is 50.1. The molecule has 1 saturated carbocycles. The fourth-order valence-electron chi connectivity index (χ4n) is 12.1. The number of aromatic amines is 1. The Morgan fingerprint density at radius 1 is 0.988 bits per heavy atom. The molecule has 0 radical (unpaired) electrons. The first-order valence-corrected chi connectivity index (χ1v) is 28.7. The summed E-state index contributed by atoms with van der Waals surface area (Å²) in [6.45, 7) is 10.7. The van der Waals surface area contributed by atoms with Crippen molar-refractivity contribution >= 4 is 39.4 Å². The van der Waals surface area contributed by atoms with Crippen molar-refractivity contribution in [3.05, 3.63) is 113 Å². The highest BCUT2D eigenvalue weighted by Gasteiger charge is 2.43. The summed E-state index contributed by atoms with van der Waals surface area (Å²) in [6, 6.07) is 18.7. The van der Waals surface area contributed by atoms with E-state index in [2.05, 4.69) is 54.3 Å². The number of ether oxygens (including phenoxy) is 3. The lowest BCUT2D eigenvalue weighted by atomic mass is 9.88. The summed E-state index contributed by atoms with van der Waals surface area (Å²) in [5.74, 6) is -0.0660. The topological polar surface area (TPSA) is 236 Å². The minimum Gasteiger partial charge on any atom is -0.486 e. The van der Waals surface area contributed by atoms with E-state index < -0.39 is 30.1 Å². The van der Waals surface area contributed by atoms with Crippen molar-refractivity contribution in [1.29, 1.82) is 0 Å². The number of rotatable bonds is 20. The Morgan fingerprint density at radius 2 is 1.79 bits per heavy atom. The van der Waals surface area contributed by atoms with Crippen LogP contribution in [-0.4, -0.2) is 143 Å². The molecule has 4 aromatic heterocycles. The molecule has 82 heavy (non-hydrogen) atoms. The minimum atomic E-state index is -0.985. The minimum absolute atomic E-state index is 0.0392. The van der Waals surface area contributed by atoms with E-state index in [1.165, 1.54) is 15.6 Å². The fourth-order valence-corrected chi connectivity index (χ4v) is 12.1. The van der Waals surface area contributed by atoms with E-state index in [0.29, 0.717) is 58.9 Å². The number of likely N-dealkylation sites (N-methyl/N-ethyl adjacent to an activating group) is 1. The van der Waals surface area contributed by atoms with Crippen LogP contribution in [0.4, 0.5) is 10.2 Å². The summed E-state index contributed by atoms with van der Waals surface area (Å²) >= 11 is 0. The third-order valence-corrected chi connectivity index (χ3v) is 16.8. The second kappa shape index (κ2) is 23.2. The maximum absolute atomic E-state index is 16.1. The quantitative estimate of drug-likeness (QED) is 0.0495. The van der Waals surface area contributed by atoms with E-state index in [9.17, 15) is 19.8 Å². The van der Waals surface area contributed by atoms with Crippen LogP contribution >= 0.6 is 0 Å². The third kappa shape index (κ3) is 10.8. The number of nitrogens with zero attached hydrogens (tertiary/aromatic N) is 10. The maximum atomic E-state index is 16.1. The van der Waals surface area contributed by atoms with Gasteiger partial charge in [-0.15, -0.1) is 5.10 Å². The number of H-pyrrole nitrogens is 1. The number of anilines is 1. The lowest BCUT2D eigenvalue weighted by Gasteiger charge is -2.30. The molecule has 0 bridgehead atoms. The van der Waals surface area contributed by atoms with Crippen LogP contribution in [-0.2, 0) is 27.5 Å². The number of hydrogen-bond donors (Lipinski definition) is 5. The molecule has 5 N–H and O–H groups in total. The van der Waals surface area contributed by atoms with Crippen molar-refractivity contribution in [2.24, 2.45) is 5.92 Å². The number of aliphatic hydroxyl groups excluding tert-OH is 2. The monoisotopic (exact) mass is 1120 g/mol. The first-order valence-electron chi connectivity index (χ1n) is 28.7. The Kier molecular flexibility index (Phi) is 15.5. The molecule has 6 atom stereocenters. The van der Waals surface area contributed by atoms with Crippen molar-refractivity contribution in [3.63, 3.8) is 0 Å². The van der Waals surface area contributed by atoms with Crippen molar-refractivity contribution in [2.45, 2.75) is 122 Å². The first kappa shape index (κ1) is 54.7. The Hall–Kier alpha value is -7.85. The van der Waals surface area contributed by atoms with Gasteiger partial charge in [0.1, 0.15) is 48.1 Å². The van der Waals surface area contributed by atoms with Gasteiger partial charge < -0.3 is 44.9 Å². The van der Waals surface area contributed by atoms with Crippen molar-refractivity contribution in [3.8, 4) is 45.4 Å². The molecule has 7 heterocycles. The zero-order valence-electron chi connectivity index (χ0n) is 46.9. The van der Waals surface area contributed by atoms with Crippen LogP contribution in [0.5, 0.6) is 11.8 Å². The number of aryl methyl sites for hydroxylation is 1. The number of amides is 2. The molecule has 1 aliphatic carbocycles. The zero-order valence-corrected chi connectivity index (χ0v) is 46.9. The van der Waals surface area contributed by atoms with E-state index in [0.717, 1.165) is 95.3 Å². The van der Waals surface area contributed by atoms with Crippen LogP contribution in [0.25, 0.3) is 55.4 Å². The average molecular weight is 1120 g/mol. The lowest BCUT2D eigenvalue weighted by molar-refractivity contribution is -0.142. The van der Waals surface area contributed by atoms with Gasteiger partial charge >= 0.3 is 6.01 Å². The highest BCUT2D eigenvalue weighted by Crippen LogP contribution is 2.53. The molecule has 8 aromatic rings. The van der Waals surface area contributed by atoms with E-state index in [-0.39, 0.29) is 67.9 Å². The number of carbonyl (C=O) groups excluding carboxylic acids is 2. The molecule has 4 fully saturated rings. The molecule has 3 saturated heterocycles. The molecular formula is C61H70FN13O7. The average Bonchev–Trinajstić information content (AvgIpc) is 4.41. The Balaban J connectivity index is 0.819. The summed E-state index contributed by atoms with van der Waals surface area (Å²) in [7, 11) is 2.07. The third-order valence-electron chi connectivity index (χ3n) is 16.8. The lowest BCUT2D eigenvalue weighted by Crippen LogP contribution is -2.50. The van der Waals surface area contributed by atoms with E-state index in [1.54, 1.807) is 25.5 Å². The number of likely N-dealkylation sites (tertiary alicyclic amines) is 1. The van der Waals surface area contributed by atoms with E-state index in [1.807, 2.05) is 80.1 Å². The predicted octanol–water partition coefficient (Wildman–Crippen LogP) is 7.58. The zero-order chi connectivity index (χ0) is 56.8. The van der Waals surface area contributed by atoms with Crippen LogP contribution in [0.15, 0.2) is 85.3 Å². The molecule has 4 aromatic carbocycles. The van der Waals surface area contributed by atoms with Crippen molar-refractivity contribution < 1.29 is 38.4 Å². The Labute approximate surface area is 474 Å². The van der Waals surface area contributed by atoms with Crippen LogP contribution in [0.2, 0.25) is 0 Å². The molecule has 3 aliphatic heterocycles. The number of hydrogen-bond acceptors (Lipinski definition) is 15. The second-order valence-corrected chi connectivity index (χ2v) is 22.6. The second-order valence-electron chi connectivity index (χ2n) is 22.6. The van der Waals surface area contributed by atoms with Gasteiger partial charge in [-0.3, -0.25) is 19.4 Å². The van der Waals surface area contributed by atoms with Crippen LogP contribution in [0.1, 0.15) is 99.6 Å². The van der Waals surface area contributed by atoms with Crippen LogP contribution in [0.3, 0.4) is 0 Å². The number of halogens is 1. The SMILES string of the molecule is CCn1nccc1-c1ccc([C@H](CO)NC(=O)[C@@H]2C[C@@H](O)CN2C(=O)[C@H](C(C)C)n2cc(-c3ccc(COc4c(-c5c(C)c(F)cc6[nH]ncc56)c(C5CC5)cc5c(N(C)[C@H]6CCNC6)nc(OC[C@@H]6CCCO6)nc45)cc3)nn2)cc1. The maximum Gasteiger partial charge on any atom is 0.319 e. The largest absolute Gasteiger partial charge is 0.486 e. The summed E-state index contributed by atoms with van der Waals surface area (Å²) < 4.78 is 39.0. The van der Waals surface area contributed by atoms with Crippen molar-refractivity contribution in [2.75, 3.05) is 51.4 Å². The van der Waals surface area contributed by atoms with Crippen LogP contribution in [0, 0.1) is 18.7 Å². The van der Waals surface area contributed by atoms with E-state index in [4.69, 9.17) is 24.2 Å². The molecule has 428 valence electrons. The molecule has 2 amide bonds. The summed E-state index contributed by atoms with van der Waals surface area (Å²) in [6.07, 6.45) is 8.99. The number of aromatic nitrogens is 9. The molecule has 21 heteroatoms.